The molecule has 0 fully saturated rings. The van der Waals surface area contributed by atoms with Gasteiger partial charge in [0.15, 0.2) is 5.15 Å². The first-order chi connectivity index (χ1) is 7.16. The first-order valence-electron chi connectivity index (χ1n) is 4.09. The number of nitrogens with two attached hydrogens (primary N) is 1. The molecular formula is C8H8ClN5S. The molecule has 0 saturated carbocycles. The van der Waals surface area contributed by atoms with Gasteiger partial charge in [-0.25, -0.2) is 9.97 Å². The number of rotatable bonds is 2. The van der Waals surface area contributed by atoms with E-state index in [1.165, 1.54) is 18.1 Å². The summed E-state index contributed by atoms with van der Waals surface area (Å²) in [6, 6.07) is 0. The van der Waals surface area contributed by atoms with Gasteiger partial charge in [-0.15, -0.1) is 0 Å². The van der Waals surface area contributed by atoms with Crippen LogP contribution in [0.5, 0.6) is 0 Å². The fourth-order valence-corrected chi connectivity index (χ4v) is 2.03. The van der Waals surface area contributed by atoms with Crippen LogP contribution in [0.1, 0.15) is 0 Å². The maximum atomic E-state index is 5.77. The van der Waals surface area contributed by atoms with Gasteiger partial charge in [-0.2, -0.15) is 5.10 Å². The van der Waals surface area contributed by atoms with Gasteiger partial charge in [0.2, 0.25) is 0 Å². The number of anilines is 1. The zero-order chi connectivity index (χ0) is 10.8. The largest absolute Gasteiger partial charge is 0.394 e. The van der Waals surface area contributed by atoms with Gasteiger partial charge < -0.3 is 5.73 Å². The van der Waals surface area contributed by atoms with E-state index in [0.29, 0.717) is 10.7 Å². The summed E-state index contributed by atoms with van der Waals surface area (Å²) in [5.41, 5.74) is 6.13. The Morgan fingerprint density at radius 3 is 2.93 bits per heavy atom. The van der Waals surface area contributed by atoms with Gasteiger partial charge in [-0.05, 0) is 0 Å². The van der Waals surface area contributed by atoms with E-state index in [0.717, 1.165) is 4.90 Å². The van der Waals surface area contributed by atoms with Crippen molar-refractivity contribution >= 4 is 29.1 Å². The molecule has 5 nitrogen and oxygen atoms in total. The third kappa shape index (κ3) is 2.21. The highest BCUT2D eigenvalue weighted by molar-refractivity contribution is 7.99. The fraction of sp³-hybridized carbons (Fsp3) is 0.125. The number of hydrogen-bond acceptors (Lipinski definition) is 5. The van der Waals surface area contributed by atoms with Crippen LogP contribution in [-0.2, 0) is 7.05 Å². The van der Waals surface area contributed by atoms with Crippen molar-refractivity contribution in [2.45, 2.75) is 9.92 Å². The monoisotopic (exact) mass is 241 g/mol. The lowest BCUT2D eigenvalue weighted by Crippen LogP contribution is -1.94. The Hall–Kier alpha value is -1.27. The molecule has 0 aromatic carbocycles. The Kier molecular flexibility index (Phi) is 2.79. The van der Waals surface area contributed by atoms with E-state index in [-0.39, 0.29) is 5.15 Å². The Bertz CT molecular complexity index is 484. The van der Waals surface area contributed by atoms with Gasteiger partial charge in [0.1, 0.15) is 17.0 Å². The normalized spacial score (nSPS) is 10.5. The highest BCUT2D eigenvalue weighted by Gasteiger charge is 2.08. The fourth-order valence-electron chi connectivity index (χ4n) is 1.00. The lowest BCUT2D eigenvalue weighted by Gasteiger charge is -2.02. The number of aryl methyl sites for hydroxylation is 1. The molecule has 2 rings (SSSR count). The number of nitrogens with zero attached hydrogens (tertiary/aromatic N) is 4. The van der Waals surface area contributed by atoms with Gasteiger partial charge >= 0.3 is 0 Å². The minimum Gasteiger partial charge on any atom is -0.394 e. The van der Waals surface area contributed by atoms with Crippen LogP contribution in [0.15, 0.2) is 28.6 Å². The summed E-state index contributed by atoms with van der Waals surface area (Å²) in [5, 5.41) is 4.96. The van der Waals surface area contributed by atoms with Crippen LogP contribution in [-0.4, -0.2) is 19.7 Å². The number of hydrogen-bond donors (Lipinski definition) is 1. The minimum atomic E-state index is 0.274. The molecule has 2 aromatic rings. The van der Waals surface area contributed by atoms with Crippen LogP contribution in [0.4, 0.5) is 5.69 Å². The third-order valence-corrected chi connectivity index (χ3v) is 2.96. The molecule has 7 heteroatoms. The first kappa shape index (κ1) is 10.3. The third-order valence-electron chi connectivity index (χ3n) is 1.69. The Morgan fingerprint density at radius 1 is 1.47 bits per heavy atom. The lowest BCUT2D eigenvalue weighted by atomic mass is 10.6. The van der Waals surface area contributed by atoms with Crippen LogP contribution in [0.2, 0.25) is 5.15 Å². The summed E-state index contributed by atoms with van der Waals surface area (Å²) in [6.45, 7) is 0. The Labute approximate surface area is 95.7 Å². The van der Waals surface area contributed by atoms with E-state index in [4.69, 9.17) is 17.3 Å². The van der Waals surface area contributed by atoms with Crippen molar-refractivity contribution in [2.75, 3.05) is 5.73 Å². The van der Waals surface area contributed by atoms with Crippen molar-refractivity contribution in [2.24, 2.45) is 7.05 Å². The average Bonchev–Trinajstić information content (AvgIpc) is 2.59. The van der Waals surface area contributed by atoms with Crippen LogP contribution in [0, 0.1) is 0 Å². The van der Waals surface area contributed by atoms with E-state index in [2.05, 4.69) is 15.1 Å². The van der Waals surface area contributed by atoms with E-state index in [1.807, 2.05) is 13.2 Å². The number of nitrogen functional groups attached to an aromatic ring is 1. The zero-order valence-electron chi connectivity index (χ0n) is 7.88. The highest BCUT2D eigenvalue weighted by Crippen LogP contribution is 2.32. The smallest absolute Gasteiger partial charge is 0.156 e. The van der Waals surface area contributed by atoms with Crippen molar-refractivity contribution in [3.8, 4) is 0 Å². The molecule has 0 aliphatic carbocycles. The second-order valence-corrected chi connectivity index (χ2v) is 4.26. The summed E-state index contributed by atoms with van der Waals surface area (Å²) in [4.78, 5) is 8.79. The maximum Gasteiger partial charge on any atom is 0.156 e. The van der Waals surface area contributed by atoms with Crippen molar-refractivity contribution in [1.82, 2.24) is 19.7 Å². The molecule has 0 aliphatic heterocycles. The SMILES string of the molecule is Cn1cc(Sc2ncnc(Cl)c2N)cn1. The molecule has 0 radical (unpaired) electrons. The molecule has 15 heavy (non-hydrogen) atoms. The molecule has 0 saturated heterocycles. The minimum absolute atomic E-state index is 0.274. The van der Waals surface area contributed by atoms with Crippen molar-refractivity contribution in [3.63, 3.8) is 0 Å². The molecule has 0 unspecified atom stereocenters. The molecule has 0 amide bonds. The van der Waals surface area contributed by atoms with Crippen molar-refractivity contribution in [1.29, 1.82) is 0 Å². The van der Waals surface area contributed by atoms with Gasteiger partial charge in [-0.3, -0.25) is 4.68 Å². The predicted molar refractivity (Wildman–Crippen MR) is 58.8 cm³/mol. The predicted octanol–water partition coefficient (Wildman–Crippen LogP) is 1.60. The summed E-state index contributed by atoms with van der Waals surface area (Å²) < 4.78 is 1.71. The summed E-state index contributed by atoms with van der Waals surface area (Å²) in [6.07, 6.45) is 5.00. The second-order valence-electron chi connectivity index (χ2n) is 2.84. The molecule has 2 heterocycles. The van der Waals surface area contributed by atoms with Crippen LogP contribution < -0.4 is 5.73 Å². The number of aromatic nitrogens is 4. The van der Waals surface area contributed by atoms with Crippen molar-refractivity contribution in [3.05, 3.63) is 23.9 Å². The molecule has 0 aliphatic rings. The van der Waals surface area contributed by atoms with Crippen LogP contribution in [0.25, 0.3) is 0 Å². The summed E-state index contributed by atoms with van der Waals surface area (Å²) >= 11 is 7.18. The molecule has 0 bridgehead atoms. The topological polar surface area (TPSA) is 69.6 Å². The van der Waals surface area contributed by atoms with Crippen molar-refractivity contribution < 1.29 is 0 Å². The number of halogens is 1. The molecule has 2 N–H and O–H groups in total. The van der Waals surface area contributed by atoms with Gasteiger partial charge in [0.25, 0.3) is 0 Å². The second kappa shape index (κ2) is 4.08. The summed E-state index contributed by atoms with van der Waals surface area (Å²) in [7, 11) is 1.85. The summed E-state index contributed by atoms with van der Waals surface area (Å²) in [5.74, 6) is 0. The van der Waals surface area contributed by atoms with Gasteiger partial charge in [-0.1, -0.05) is 23.4 Å². The van der Waals surface area contributed by atoms with Crippen LogP contribution in [0.3, 0.4) is 0 Å². The molecule has 78 valence electrons. The molecule has 2 aromatic heterocycles. The zero-order valence-corrected chi connectivity index (χ0v) is 9.46. The van der Waals surface area contributed by atoms with E-state index < -0.39 is 0 Å². The van der Waals surface area contributed by atoms with Gasteiger partial charge in [0, 0.05) is 13.2 Å². The molecular weight excluding hydrogens is 234 g/mol. The van der Waals surface area contributed by atoms with E-state index in [9.17, 15) is 0 Å². The van der Waals surface area contributed by atoms with E-state index >= 15 is 0 Å². The average molecular weight is 242 g/mol. The van der Waals surface area contributed by atoms with E-state index in [1.54, 1.807) is 10.9 Å². The molecule has 0 spiro atoms. The quantitative estimate of drug-likeness (QED) is 0.809. The Balaban J connectivity index is 2.28. The van der Waals surface area contributed by atoms with Crippen LogP contribution >= 0.6 is 23.4 Å². The van der Waals surface area contributed by atoms with Gasteiger partial charge in [0.05, 0.1) is 11.1 Å². The first-order valence-corrected chi connectivity index (χ1v) is 5.28. The standard InChI is InChI=1S/C8H8ClN5S/c1-14-3-5(2-13-14)15-8-6(10)7(9)11-4-12-8/h2-4H,10H2,1H3. The lowest BCUT2D eigenvalue weighted by molar-refractivity contribution is 0.766. The maximum absolute atomic E-state index is 5.77. The highest BCUT2D eigenvalue weighted by atomic mass is 35.5. The molecule has 0 atom stereocenters. The Morgan fingerprint density at radius 2 is 2.27 bits per heavy atom.